The van der Waals surface area contributed by atoms with E-state index in [0.717, 1.165) is 45.7 Å². The fraction of sp³-hybridized carbons (Fsp3) is 0.562. The SMILES string of the molecule is O=C(c1cc(Cl)c2c(c1)OCO2)N1CCC(N2CCNCC2)C1. The quantitative estimate of drug-likeness (QED) is 0.878. The molecule has 0 aromatic heterocycles. The minimum absolute atomic E-state index is 0.0165. The number of piperazine rings is 1. The molecule has 0 saturated carbocycles. The minimum Gasteiger partial charge on any atom is -0.454 e. The van der Waals surface area contributed by atoms with Crippen LogP contribution in [0.1, 0.15) is 16.8 Å². The Labute approximate surface area is 140 Å². The zero-order valence-corrected chi connectivity index (χ0v) is 13.6. The van der Waals surface area contributed by atoms with Crippen molar-refractivity contribution in [3.63, 3.8) is 0 Å². The molecule has 2 saturated heterocycles. The molecule has 3 heterocycles. The summed E-state index contributed by atoms with van der Waals surface area (Å²) in [6, 6.07) is 3.87. The summed E-state index contributed by atoms with van der Waals surface area (Å²) in [5.74, 6) is 1.10. The van der Waals surface area contributed by atoms with Gasteiger partial charge in [0, 0.05) is 50.9 Å². The Balaban J connectivity index is 1.46. The Morgan fingerprint density at radius 3 is 2.87 bits per heavy atom. The molecule has 6 nitrogen and oxygen atoms in total. The molecule has 0 radical (unpaired) electrons. The van der Waals surface area contributed by atoms with E-state index in [4.69, 9.17) is 21.1 Å². The Bertz CT molecular complexity index is 619. The van der Waals surface area contributed by atoms with Crippen LogP contribution in [0.25, 0.3) is 0 Å². The number of amides is 1. The van der Waals surface area contributed by atoms with Gasteiger partial charge in [-0.1, -0.05) is 11.6 Å². The van der Waals surface area contributed by atoms with Crippen molar-refractivity contribution in [1.29, 1.82) is 0 Å². The lowest BCUT2D eigenvalue weighted by atomic mass is 10.1. The van der Waals surface area contributed by atoms with Crippen molar-refractivity contribution in [3.8, 4) is 11.5 Å². The average Bonchev–Trinajstić information content (AvgIpc) is 3.24. The second-order valence-electron chi connectivity index (χ2n) is 6.17. The maximum atomic E-state index is 12.8. The van der Waals surface area contributed by atoms with Crippen LogP contribution in [0.5, 0.6) is 11.5 Å². The first-order valence-corrected chi connectivity index (χ1v) is 8.43. The Hall–Kier alpha value is -1.50. The van der Waals surface area contributed by atoms with E-state index in [-0.39, 0.29) is 12.7 Å². The summed E-state index contributed by atoms with van der Waals surface area (Å²) < 4.78 is 10.7. The van der Waals surface area contributed by atoms with Gasteiger partial charge in [-0.2, -0.15) is 0 Å². The summed E-state index contributed by atoms with van der Waals surface area (Å²) >= 11 is 6.19. The van der Waals surface area contributed by atoms with E-state index in [1.165, 1.54) is 0 Å². The van der Waals surface area contributed by atoms with E-state index in [1.54, 1.807) is 12.1 Å². The summed E-state index contributed by atoms with van der Waals surface area (Å²) in [5.41, 5.74) is 0.570. The van der Waals surface area contributed by atoms with Crippen LogP contribution in [0.15, 0.2) is 12.1 Å². The van der Waals surface area contributed by atoms with Gasteiger partial charge in [-0.3, -0.25) is 9.69 Å². The number of ether oxygens (including phenoxy) is 2. The largest absolute Gasteiger partial charge is 0.454 e. The van der Waals surface area contributed by atoms with Crippen LogP contribution >= 0.6 is 11.6 Å². The number of hydrogen-bond acceptors (Lipinski definition) is 5. The van der Waals surface area contributed by atoms with Crippen LogP contribution in [-0.4, -0.2) is 67.8 Å². The number of fused-ring (bicyclic) bond motifs is 1. The molecule has 0 bridgehead atoms. The van der Waals surface area contributed by atoms with E-state index in [9.17, 15) is 4.79 Å². The van der Waals surface area contributed by atoms with Crippen LogP contribution in [0.4, 0.5) is 0 Å². The number of halogens is 1. The standard InChI is InChI=1S/C16H20ClN3O3/c17-13-7-11(8-14-15(13)23-10-22-14)16(21)20-4-1-12(9-20)19-5-2-18-3-6-19/h7-8,12,18H,1-6,9-10H2. The Kier molecular flexibility index (Phi) is 4.05. The lowest BCUT2D eigenvalue weighted by Gasteiger charge is -2.32. The third-order valence-electron chi connectivity index (χ3n) is 4.79. The van der Waals surface area contributed by atoms with Crippen molar-refractivity contribution in [2.24, 2.45) is 0 Å². The number of nitrogens with zero attached hydrogens (tertiary/aromatic N) is 2. The zero-order chi connectivity index (χ0) is 15.8. The predicted octanol–water partition coefficient (Wildman–Crippen LogP) is 1.19. The van der Waals surface area contributed by atoms with E-state index >= 15 is 0 Å². The molecule has 0 spiro atoms. The number of nitrogens with one attached hydrogen (secondary N) is 1. The molecule has 4 rings (SSSR count). The molecule has 23 heavy (non-hydrogen) atoms. The molecule has 7 heteroatoms. The summed E-state index contributed by atoms with van der Waals surface area (Å²) in [6.45, 7) is 5.90. The zero-order valence-electron chi connectivity index (χ0n) is 12.9. The predicted molar refractivity (Wildman–Crippen MR) is 86.3 cm³/mol. The summed E-state index contributed by atoms with van der Waals surface area (Å²) in [6.07, 6.45) is 1.03. The van der Waals surface area contributed by atoms with Gasteiger partial charge in [0.1, 0.15) is 0 Å². The monoisotopic (exact) mass is 337 g/mol. The van der Waals surface area contributed by atoms with E-state index < -0.39 is 0 Å². The second-order valence-corrected chi connectivity index (χ2v) is 6.58. The van der Waals surface area contributed by atoms with Crippen LogP contribution < -0.4 is 14.8 Å². The molecule has 1 unspecified atom stereocenters. The van der Waals surface area contributed by atoms with E-state index in [2.05, 4.69) is 10.2 Å². The highest BCUT2D eigenvalue weighted by Crippen LogP contribution is 2.40. The summed E-state index contributed by atoms with van der Waals surface area (Å²) in [4.78, 5) is 17.2. The molecule has 1 aromatic carbocycles. The highest BCUT2D eigenvalue weighted by Gasteiger charge is 2.32. The third kappa shape index (κ3) is 2.86. The van der Waals surface area contributed by atoms with Gasteiger partial charge in [0.25, 0.3) is 5.91 Å². The summed E-state index contributed by atoms with van der Waals surface area (Å²) in [7, 11) is 0. The first-order valence-electron chi connectivity index (χ1n) is 8.05. The number of rotatable bonds is 2. The lowest BCUT2D eigenvalue weighted by molar-refractivity contribution is 0.0773. The Morgan fingerprint density at radius 1 is 1.22 bits per heavy atom. The van der Waals surface area contributed by atoms with Crippen LogP contribution in [-0.2, 0) is 0 Å². The van der Waals surface area contributed by atoms with Crippen LogP contribution in [0.3, 0.4) is 0 Å². The summed E-state index contributed by atoms with van der Waals surface area (Å²) in [5, 5.41) is 3.80. The highest BCUT2D eigenvalue weighted by atomic mass is 35.5. The lowest BCUT2D eigenvalue weighted by Crippen LogP contribution is -2.49. The first-order chi connectivity index (χ1) is 11.2. The van der Waals surface area contributed by atoms with Crippen molar-refractivity contribution in [2.45, 2.75) is 12.5 Å². The molecule has 2 fully saturated rings. The molecular formula is C16H20ClN3O3. The topological polar surface area (TPSA) is 54.0 Å². The smallest absolute Gasteiger partial charge is 0.254 e. The van der Waals surface area contributed by atoms with E-state index in [1.807, 2.05) is 4.90 Å². The number of carbonyl (C=O) groups is 1. The van der Waals surface area contributed by atoms with Crippen molar-refractivity contribution >= 4 is 17.5 Å². The van der Waals surface area contributed by atoms with Crippen LogP contribution in [0.2, 0.25) is 5.02 Å². The van der Waals surface area contributed by atoms with Crippen molar-refractivity contribution < 1.29 is 14.3 Å². The molecule has 1 amide bonds. The van der Waals surface area contributed by atoms with Gasteiger partial charge in [0.05, 0.1) is 5.02 Å². The van der Waals surface area contributed by atoms with Crippen molar-refractivity contribution in [3.05, 3.63) is 22.7 Å². The molecular weight excluding hydrogens is 318 g/mol. The molecule has 1 atom stereocenters. The third-order valence-corrected chi connectivity index (χ3v) is 5.07. The second kappa shape index (κ2) is 6.19. The molecule has 124 valence electrons. The highest BCUT2D eigenvalue weighted by molar-refractivity contribution is 6.32. The molecule has 3 aliphatic rings. The van der Waals surface area contributed by atoms with Gasteiger partial charge in [-0.25, -0.2) is 0 Å². The maximum absolute atomic E-state index is 12.8. The van der Waals surface area contributed by atoms with Gasteiger partial charge < -0.3 is 19.7 Å². The molecule has 1 N–H and O–H groups in total. The van der Waals surface area contributed by atoms with Gasteiger partial charge in [-0.15, -0.1) is 0 Å². The van der Waals surface area contributed by atoms with Crippen molar-refractivity contribution in [2.75, 3.05) is 46.1 Å². The minimum atomic E-state index is 0.0165. The number of hydrogen-bond donors (Lipinski definition) is 1. The number of benzene rings is 1. The van der Waals surface area contributed by atoms with Gasteiger partial charge >= 0.3 is 0 Å². The van der Waals surface area contributed by atoms with Crippen molar-refractivity contribution in [1.82, 2.24) is 15.1 Å². The molecule has 0 aliphatic carbocycles. The fourth-order valence-corrected chi connectivity index (χ4v) is 3.81. The molecule has 3 aliphatic heterocycles. The van der Waals surface area contributed by atoms with Gasteiger partial charge in [-0.05, 0) is 18.6 Å². The average molecular weight is 338 g/mol. The van der Waals surface area contributed by atoms with Crippen LogP contribution in [0, 0.1) is 0 Å². The first kappa shape index (κ1) is 15.1. The van der Waals surface area contributed by atoms with E-state index in [0.29, 0.717) is 28.1 Å². The molecule has 1 aromatic rings. The van der Waals surface area contributed by atoms with Gasteiger partial charge in [0.2, 0.25) is 6.79 Å². The maximum Gasteiger partial charge on any atom is 0.254 e. The van der Waals surface area contributed by atoms with Gasteiger partial charge in [0.15, 0.2) is 11.5 Å². The number of carbonyl (C=O) groups excluding carboxylic acids is 1. The fourth-order valence-electron chi connectivity index (χ4n) is 3.55. The Morgan fingerprint density at radius 2 is 2.04 bits per heavy atom. The number of likely N-dealkylation sites (tertiary alicyclic amines) is 1. The normalized spacial score (nSPS) is 24.2.